The maximum Gasteiger partial charge on any atom is 0.371 e. The fourth-order valence-corrected chi connectivity index (χ4v) is 1.66. The van der Waals surface area contributed by atoms with Crippen molar-refractivity contribution in [3.63, 3.8) is 0 Å². The van der Waals surface area contributed by atoms with Gasteiger partial charge in [0.15, 0.2) is 11.5 Å². The van der Waals surface area contributed by atoms with E-state index in [1.807, 2.05) is 0 Å². The van der Waals surface area contributed by atoms with E-state index in [0.29, 0.717) is 22.8 Å². The molecular weight excluding hydrogens is 264 g/mol. The number of benzene rings is 1. The molecule has 0 saturated carbocycles. The van der Waals surface area contributed by atoms with E-state index in [-0.39, 0.29) is 12.4 Å². The molecule has 6 nitrogen and oxygen atoms in total. The number of aliphatic carboxylic acids is 1. The molecule has 6 heteroatoms. The highest BCUT2D eigenvalue weighted by Gasteiger charge is 2.14. The van der Waals surface area contributed by atoms with Gasteiger partial charge >= 0.3 is 5.97 Å². The van der Waals surface area contributed by atoms with Crippen LogP contribution in [0.4, 0.5) is 0 Å². The summed E-state index contributed by atoms with van der Waals surface area (Å²) in [6, 6.07) is 3.28. The number of carbonyl (C=O) groups is 1. The second-order valence-corrected chi connectivity index (χ2v) is 3.71. The van der Waals surface area contributed by atoms with E-state index in [1.165, 1.54) is 27.4 Å². The first kappa shape index (κ1) is 15.7. The molecule has 0 atom stereocenters. The summed E-state index contributed by atoms with van der Waals surface area (Å²) in [7, 11) is 4.48. The first-order chi connectivity index (χ1) is 9.57. The molecule has 0 aliphatic heterocycles. The standard InChI is InChI=1S/C14H18O6/c1-5-20-12(14(15)16)8-9-6-10(17-2)13(19-4)11(7-9)18-3/h6-8H,5H2,1-4H3,(H,15,16). The molecule has 0 aromatic heterocycles. The summed E-state index contributed by atoms with van der Waals surface area (Å²) in [5.74, 6) is 0.0430. The fraction of sp³-hybridized carbons (Fsp3) is 0.357. The maximum atomic E-state index is 11.0. The Morgan fingerprint density at radius 3 is 2.05 bits per heavy atom. The molecule has 0 aliphatic rings. The second-order valence-electron chi connectivity index (χ2n) is 3.71. The summed E-state index contributed by atoms with van der Waals surface area (Å²) in [4.78, 5) is 11.0. The maximum absolute atomic E-state index is 11.0. The lowest BCUT2D eigenvalue weighted by Gasteiger charge is -2.13. The van der Waals surface area contributed by atoms with Crippen LogP contribution < -0.4 is 14.2 Å². The number of rotatable bonds is 7. The summed E-state index contributed by atoms with van der Waals surface area (Å²) in [5.41, 5.74) is 0.574. The van der Waals surface area contributed by atoms with Crippen LogP contribution in [0.5, 0.6) is 17.2 Å². The number of methoxy groups -OCH3 is 3. The molecule has 1 aromatic rings. The van der Waals surface area contributed by atoms with Gasteiger partial charge in [-0.3, -0.25) is 0 Å². The summed E-state index contributed by atoms with van der Waals surface area (Å²) in [6.45, 7) is 1.98. The van der Waals surface area contributed by atoms with Gasteiger partial charge in [-0.2, -0.15) is 0 Å². The lowest BCUT2D eigenvalue weighted by Crippen LogP contribution is -2.04. The van der Waals surface area contributed by atoms with Crippen molar-refractivity contribution in [1.29, 1.82) is 0 Å². The van der Waals surface area contributed by atoms with Crippen molar-refractivity contribution >= 4 is 12.0 Å². The normalized spacial score (nSPS) is 10.9. The van der Waals surface area contributed by atoms with Crippen molar-refractivity contribution < 1.29 is 28.8 Å². The van der Waals surface area contributed by atoms with E-state index in [9.17, 15) is 4.79 Å². The van der Waals surface area contributed by atoms with Gasteiger partial charge in [-0.1, -0.05) is 0 Å². The number of ether oxygens (including phenoxy) is 4. The van der Waals surface area contributed by atoms with Crippen LogP contribution in [-0.4, -0.2) is 39.0 Å². The topological polar surface area (TPSA) is 74.2 Å². The molecule has 0 unspecified atom stereocenters. The van der Waals surface area contributed by atoms with E-state index in [4.69, 9.17) is 24.1 Å². The molecule has 0 bridgehead atoms. The zero-order valence-corrected chi connectivity index (χ0v) is 11.9. The van der Waals surface area contributed by atoms with Crippen molar-refractivity contribution in [2.45, 2.75) is 6.92 Å². The lowest BCUT2D eigenvalue weighted by atomic mass is 10.1. The minimum absolute atomic E-state index is 0.151. The number of hydrogen-bond donors (Lipinski definition) is 1. The predicted octanol–water partition coefficient (Wildman–Crippen LogP) is 2.17. The molecule has 0 aliphatic carbocycles. The third-order valence-electron chi connectivity index (χ3n) is 2.50. The smallest absolute Gasteiger partial charge is 0.371 e. The Bertz CT molecular complexity index is 481. The Hall–Kier alpha value is -2.37. The predicted molar refractivity (Wildman–Crippen MR) is 73.3 cm³/mol. The van der Waals surface area contributed by atoms with Gasteiger partial charge in [-0.25, -0.2) is 4.79 Å². The van der Waals surface area contributed by atoms with E-state index in [1.54, 1.807) is 19.1 Å². The zero-order chi connectivity index (χ0) is 15.1. The van der Waals surface area contributed by atoms with Crippen LogP contribution in [0.15, 0.2) is 17.9 Å². The minimum atomic E-state index is -1.14. The summed E-state index contributed by atoms with van der Waals surface area (Å²) in [5, 5.41) is 9.04. The first-order valence-corrected chi connectivity index (χ1v) is 5.95. The Kier molecular flexibility index (Phi) is 5.71. The molecule has 20 heavy (non-hydrogen) atoms. The van der Waals surface area contributed by atoms with Crippen LogP contribution in [0.2, 0.25) is 0 Å². The molecule has 0 saturated heterocycles. The highest BCUT2D eigenvalue weighted by atomic mass is 16.5. The minimum Gasteiger partial charge on any atom is -0.493 e. The molecule has 1 rings (SSSR count). The lowest BCUT2D eigenvalue weighted by molar-refractivity contribution is -0.136. The second kappa shape index (κ2) is 7.28. The van der Waals surface area contributed by atoms with Crippen LogP contribution in [0.25, 0.3) is 6.08 Å². The Labute approximate surface area is 117 Å². The molecule has 0 heterocycles. The van der Waals surface area contributed by atoms with E-state index >= 15 is 0 Å². The van der Waals surface area contributed by atoms with Gasteiger partial charge in [0, 0.05) is 0 Å². The van der Waals surface area contributed by atoms with Gasteiger partial charge < -0.3 is 24.1 Å². The Morgan fingerprint density at radius 1 is 1.15 bits per heavy atom. The average molecular weight is 282 g/mol. The van der Waals surface area contributed by atoms with Crippen molar-refractivity contribution in [3.8, 4) is 17.2 Å². The van der Waals surface area contributed by atoms with Gasteiger partial charge in [-0.05, 0) is 30.7 Å². The SMILES string of the molecule is CCOC(=Cc1cc(OC)c(OC)c(OC)c1)C(=O)O. The molecule has 1 aromatic carbocycles. The van der Waals surface area contributed by atoms with E-state index in [0.717, 1.165) is 0 Å². The Morgan fingerprint density at radius 2 is 1.70 bits per heavy atom. The van der Waals surface area contributed by atoms with Crippen LogP contribution >= 0.6 is 0 Å². The summed E-state index contributed by atoms with van der Waals surface area (Å²) in [6.07, 6.45) is 1.40. The van der Waals surface area contributed by atoms with Crippen LogP contribution in [0, 0.1) is 0 Å². The number of carboxylic acids is 1. The van der Waals surface area contributed by atoms with Crippen molar-refractivity contribution in [2.24, 2.45) is 0 Å². The van der Waals surface area contributed by atoms with Gasteiger partial charge in [0.1, 0.15) is 0 Å². The van der Waals surface area contributed by atoms with Gasteiger partial charge in [0.25, 0.3) is 0 Å². The molecule has 110 valence electrons. The number of carboxylic acid groups (broad SMARTS) is 1. The third kappa shape index (κ3) is 3.57. The molecule has 1 N–H and O–H groups in total. The molecule has 0 spiro atoms. The van der Waals surface area contributed by atoms with E-state index < -0.39 is 5.97 Å². The molecular formula is C14H18O6. The summed E-state index contributed by atoms with van der Waals surface area (Å²) < 4.78 is 20.7. The van der Waals surface area contributed by atoms with Gasteiger partial charge in [0.2, 0.25) is 11.5 Å². The summed E-state index contributed by atoms with van der Waals surface area (Å²) >= 11 is 0. The van der Waals surface area contributed by atoms with Crippen molar-refractivity contribution in [3.05, 3.63) is 23.5 Å². The van der Waals surface area contributed by atoms with Crippen LogP contribution in [0.3, 0.4) is 0 Å². The zero-order valence-electron chi connectivity index (χ0n) is 11.9. The van der Waals surface area contributed by atoms with E-state index in [2.05, 4.69) is 0 Å². The fourth-order valence-electron chi connectivity index (χ4n) is 1.66. The van der Waals surface area contributed by atoms with Gasteiger partial charge in [0.05, 0.1) is 27.9 Å². The highest BCUT2D eigenvalue weighted by molar-refractivity contribution is 5.90. The quantitative estimate of drug-likeness (QED) is 0.610. The molecule has 0 radical (unpaired) electrons. The Balaban J connectivity index is 3.31. The molecule has 0 amide bonds. The van der Waals surface area contributed by atoms with Gasteiger partial charge in [-0.15, -0.1) is 0 Å². The van der Waals surface area contributed by atoms with Crippen molar-refractivity contribution in [1.82, 2.24) is 0 Å². The van der Waals surface area contributed by atoms with Crippen molar-refractivity contribution in [2.75, 3.05) is 27.9 Å². The number of hydrogen-bond acceptors (Lipinski definition) is 5. The first-order valence-electron chi connectivity index (χ1n) is 5.95. The highest BCUT2D eigenvalue weighted by Crippen LogP contribution is 2.38. The third-order valence-corrected chi connectivity index (χ3v) is 2.50. The monoisotopic (exact) mass is 282 g/mol. The van der Waals surface area contributed by atoms with Crippen LogP contribution in [-0.2, 0) is 9.53 Å². The van der Waals surface area contributed by atoms with Crippen LogP contribution in [0.1, 0.15) is 12.5 Å². The molecule has 0 fully saturated rings. The largest absolute Gasteiger partial charge is 0.493 e. The average Bonchev–Trinajstić information content (AvgIpc) is 2.45.